The molecule has 1 aromatic carbocycles. The number of nitrogens with one attached hydrogen (secondary N) is 1. The predicted octanol–water partition coefficient (Wildman–Crippen LogP) is 4.05. The van der Waals surface area contributed by atoms with E-state index in [0.29, 0.717) is 0 Å². The highest BCUT2D eigenvalue weighted by atomic mass is 32.1. The molecule has 2 rings (SSSR count). The van der Waals surface area contributed by atoms with Gasteiger partial charge in [0.15, 0.2) is 11.5 Å². The normalized spacial score (nSPS) is 12.1. The minimum atomic E-state index is 0.264. The molecule has 0 saturated carbocycles. The Morgan fingerprint density at radius 1 is 1.19 bits per heavy atom. The van der Waals surface area contributed by atoms with Crippen molar-refractivity contribution in [2.45, 2.75) is 25.8 Å². The number of benzene rings is 1. The Morgan fingerprint density at radius 2 is 2.05 bits per heavy atom. The van der Waals surface area contributed by atoms with E-state index in [4.69, 9.17) is 9.47 Å². The van der Waals surface area contributed by atoms with Crippen molar-refractivity contribution in [3.8, 4) is 11.5 Å². The van der Waals surface area contributed by atoms with E-state index in [1.54, 1.807) is 25.6 Å². The molecule has 3 nitrogen and oxygen atoms in total. The number of methoxy groups -OCH3 is 2. The monoisotopic (exact) mass is 305 g/mol. The van der Waals surface area contributed by atoms with Gasteiger partial charge in [-0.3, -0.25) is 0 Å². The summed E-state index contributed by atoms with van der Waals surface area (Å²) in [5, 5.41) is 7.90. The average molecular weight is 305 g/mol. The van der Waals surface area contributed by atoms with Crippen molar-refractivity contribution in [3.05, 3.63) is 46.2 Å². The third-order valence-corrected chi connectivity index (χ3v) is 4.29. The van der Waals surface area contributed by atoms with Crippen LogP contribution in [0.4, 0.5) is 0 Å². The molecule has 0 aliphatic rings. The second kappa shape index (κ2) is 8.05. The van der Waals surface area contributed by atoms with Crippen LogP contribution in [0.1, 0.15) is 30.5 Å². The van der Waals surface area contributed by atoms with Crippen LogP contribution in [0, 0.1) is 0 Å². The summed E-state index contributed by atoms with van der Waals surface area (Å²) in [7, 11) is 3.37. The van der Waals surface area contributed by atoms with Gasteiger partial charge in [-0.05, 0) is 47.8 Å². The molecule has 0 bridgehead atoms. The van der Waals surface area contributed by atoms with Crippen LogP contribution < -0.4 is 14.8 Å². The molecule has 21 heavy (non-hydrogen) atoms. The standard InChI is InChI=1S/C17H23NO2S/c1-4-18-15(9-8-13-10-11-21-12-13)14-6-5-7-16(19-2)17(14)20-3/h5-7,10-12,15,18H,4,8-9H2,1-3H3. The van der Waals surface area contributed by atoms with Crippen LogP contribution in [0.3, 0.4) is 0 Å². The van der Waals surface area contributed by atoms with Crippen LogP contribution in [-0.2, 0) is 6.42 Å². The van der Waals surface area contributed by atoms with E-state index in [1.807, 2.05) is 12.1 Å². The fraction of sp³-hybridized carbons (Fsp3) is 0.412. The number of thiophene rings is 1. The van der Waals surface area contributed by atoms with Gasteiger partial charge in [-0.25, -0.2) is 0 Å². The summed E-state index contributed by atoms with van der Waals surface area (Å²) < 4.78 is 11.0. The van der Waals surface area contributed by atoms with E-state index >= 15 is 0 Å². The first-order valence-corrected chi connectivity index (χ1v) is 8.19. The van der Waals surface area contributed by atoms with Crippen LogP contribution >= 0.6 is 11.3 Å². The molecule has 0 saturated heterocycles. The third-order valence-electron chi connectivity index (χ3n) is 3.56. The van der Waals surface area contributed by atoms with Crippen LogP contribution in [-0.4, -0.2) is 20.8 Å². The molecule has 1 N–H and O–H groups in total. The SMILES string of the molecule is CCNC(CCc1ccsc1)c1cccc(OC)c1OC. The molecule has 1 unspecified atom stereocenters. The number of rotatable bonds is 8. The zero-order chi connectivity index (χ0) is 15.1. The van der Waals surface area contributed by atoms with Crippen molar-refractivity contribution < 1.29 is 9.47 Å². The van der Waals surface area contributed by atoms with Gasteiger partial charge in [0.05, 0.1) is 14.2 Å². The van der Waals surface area contributed by atoms with Crippen molar-refractivity contribution in [3.63, 3.8) is 0 Å². The second-order valence-corrected chi connectivity index (χ2v) is 5.64. The van der Waals surface area contributed by atoms with Crippen LogP contribution in [0.5, 0.6) is 11.5 Å². The molecular weight excluding hydrogens is 282 g/mol. The van der Waals surface area contributed by atoms with Gasteiger partial charge in [0.1, 0.15) is 0 Å². The van der Waals surface area contributed by atoms with Gasteiger partial charge in [0, 0.05) is 11.6 Å². The Bertz CT molecular complexity index is 540. The molecule has 0 aliphatic carbocycles. The minimum Gasteiger partial charge on any atom is -0.493 e. The molecule has 1 aromatic heterocycles. The Morgan fingerprint density at radius 3 is 2.67 bits per heavy atom. The quantitative estimate of drug-likeness (QED) is 0.798. The third kappa shape index (κ3) is 3.99. The maximum absolute atomic E-state index is 5.57. The molecule has 0 fully saturated rings. The predicted molar refractivity (Wildman–Crippen MR) is 88.6 cm³/mol. The number of hydrogen-bond donors (Lipinski definition) is 1. The van der Waals surface area contributed by atoms with Gasteiger partial charge in [0.2, 0.25) is 0 Å². The fourth-order valence-electron chi connectivity index (χ4n) is 2.55. The number of para-hydroxylation sites is 1. The van der Waals surface area contributed by atoms with Crippen LogP contribution in [0.25, 0.3) is 0 Å². The van der Waals surface area contributed by atoms with Crippen LogP contribution in [0.15, 0.2) is 35.0 Å². The van der Waals surface area contributed by atoms with Crippen LogP contribution in [0.2, 0.25) is 0 Å². The van der Waals surface area contributed by atoms with E-state index in [-0.39, 0.29) is 6.04 Å². The lowest BCUT2D eigenvalue weighted by Crippen LogP contribution is -2.22. The molecule has 1 heterocycles. The Hall–Kier alpha value is -1.52. The van der Waals surface area contributed by atoms with E-state index in [9.17, 15) is 0 Å². The molecule has 2 aromatic rings. The molecule has 0 amide bonds. The van der Waals surface area contributed by atoms with Gasteiger partial charge in [-0.1, -0.05) is 19.1 Å². The van der Waals surface area contributed by atoms with Gasteiger partial charge in [0.25, 0.3) is 0 Å². The van der Waals surface area contributed by atoms with E-state index in [0.717, 1.165) is 36.4 Å². The zero-order valence-corrected chi connectivity index (χ0v) is 13.7. The van der Waals surface area contributed by atoms with E-state index in [1.165, 1.54) is 5.56 Å². The summed E-state index contributed by atoms with van der Waals surface area (Å²) >= 11 is 1.75. The van der Waals surface area contributed by atoms with Gasteiger partial charge < -0.3 is 14.8 Å². The molecule has 0 radical (unpaired) electrons. The molecular formula is C17H23NO2S. The van der Waals surface area contributed by atoms with Crippen molar-refractivity contribution in [1.29, 1.82) is 0 Å². The molecule has 0 spiro atoms. The fourth-order valence-corrected chi connectivity index (χ4v) is 3.25. The summed E-state index contributed by atoms with van der Waals surface area (Å²) in [4.78, 5) is 0. The Kier molecular flexibility index (Phi) is 6.08. The van der Waals surface area contributed by atoms with Crippen molar-refractivity contribution in [2.24, 2.45) is 0 Å². The Labute approximate surface area is 130 Å². The highest BCUT2D eigenvalue weighted by Crippen LogP contribution is 2.36. The first kappa shape index (κ1) is 15.9. The van der Waals surface area contributed by atoms with Crippen molar-refractivity contribution in [1.82, 2.24) is 5.32 Å². The smallest absolute Gasteiger partial charge is 0.165 e. The zero-order valence-electron chi connectivity index (χ0n) is 12.9. The summed E-state index contributed by atoms with van der Waals surface area (Å²) in [6.45, 7) is 3.05. The van der Waals surface area contributed by atoms with E-state index in [2.05, 4.69) is 35.1 Å². The average Bonchev–Trinajstić information content (AvgIpc) is 3.04. The first-order valence-electron chi connectivity index (χ1n) is 7.25. The highest BCUT2D eigenvalue weighted by Gasteiger charge is 2.18. The molecule has 1 atom stereocenters. The second-order valence-electron chi connectivity index (χ2n) is 4.86. The topological polar surface area (TPSA) is 30.5 Å². The lowest BCUT2D eigenvalue weighted by atomic mass is 9.98. The van der Waals surface area contributed by atoms with Gasteiger partial charge >= 0.3 is 0 Å². The van der Waals surface area contributed by atoms with Crippen molar-refractivity contribution >= 4 is 11.3 Å². The molecule has 114 valence electrons. The lowest BCUT2D eigenvalue weighted by Gasteiger charge is -2.22. The maximum atomic E-state index is 5.57. The van der Waals surface area contributed by atoms with Gasteiger partial charge in [-0.15, -0.1) is 0 Å². The largest absolute Gasteiger partial charge is 0.493 e. The summed E-state index contributed by atoms with van der Waals surface area (Å²) in [5.41, 5.74) is 2.55. The Balaban J connectivity index is 2.20. The van der Waals surface area contributed by atoms with Gasteiger partial charge in [-0.2, -0.15) is 11.3 Å². The lowest BCUT2D eigenvalue weighted by molar-refractivity contribution is 0.345. The number of ether oxygens (including phenoxy) is 2. The molecule has 0 aliphatic heterocycles. The first-order chi connectivity index (χ1) is 10.3. The summed E-state index contributed by atoms with van der Waals surface area (Å²) in [6, 6.07) is 8.52. The summed E-state index contributed by atoms with van der Waals surface area (Å²) in [6.07, 6.45) is 2.09. The van der Waals surface area contributed by atoms with E-state index < -0.39 is 0 Å². The summed E-state index contributed by atoms with van der Waals surface area (Å²) in [5.74, 6) is 1.62. The number of hydrogen-bond acceptors (Lipinski definition) is 4. The highest BCUT2D eigenvalue weighted by molar-refractivity contribution is 7.07. The van der Waals surface area contributed by atoms with Crippen molar-refractivity contribution in [2.75, 3.05) is 20.8 Å². The minimum absolute atomic E-state index is 0.264. The maximum Gasteiger partial charge on any atom is 0.165 e. The number of aryl methyl sites for hydroxylation is 1. The molecule has 4 heteroatoms.